The molecule has 20 heavy (non-hydrogen) atoms. The highest BCUT2D eigenvalue weighted by Gasteiger charge is 2.10. The van der Waals surface area contributed by atoms with Crippen molar-refractivity contribution in [1.82, 2.24) is 9.38 Å². The molecule has 4 aromatic rings. The smallest absolute Gasteiger partial charge is 0.145 e. The number of para-hydroxylation sites is 1. The van der Waals surface area contributed by atoms with Gasteiger partial charge in [-0.15, -0.1) is 11.6 Å². The molecule has 0 unspecified atom stereocenters. The maximum atomic E-state index is 5.85. The lowest BCUT2D eigenvalue weighted by atomic mass is 10.1. The van der Waals surface area contributed by atoms with E-state index in [0.29, 0.717) is 5.88 Å². The van der Waals surface area contributed by atoms with Gasteiger partial charge in [0.2, 0.25) is 0 Å². The molecule has 0 saturated carbocycles. The van der Waals surface area contributed by atoms with E-state index in [1.807, 2.05) is 0 Å². The van der Waals surface area contributed by atoms with Gasteiger partial charge < -0.3 is 0 Å². The van der Waals surface area contributed by atoms with Crippen molar-refractivity contribution in [2.24, 2.45) is 0 Å². The summed E-state index contributed by atoms with van der Waals surface area (Å²) in [6.07, 6.45) is 2.90. The van der Waals surface area contributed by atoms with Crippen molar-refractivity contribution in [3.63, 3.8) is 0 Å². The van der Waals surface area contributed by atoms with Crippen LogP contribution in [-0.2, 0) is 6.42 Å². The first-order chi connectivity index (χ1) is 9.88. The Morgan fingerprint density at radius 1 is 0.900 bits per heavy atom. The van der Waals surface area contributed by atoms with Gasteiger partial charge in [0.1, 0.15) is 5.65 Å². The summed E-state index contributed by atoms with van der Waals surface area (Å²) in [6, 6.07) is 16.9. The van der Waals surface area contributed by atoms with Crippen LogP contribution < -0.4 is 0 Å². The van der Waals surface area contributed by atoms with E-state index in [-0.39, 0.29) is 0 Å². The van der Waals surface area contributed by atoms with Gasteiger partial charge in [-0.1, -0.05) is 42.5 Å². The van der Waals surface area contributed by atoms with Crippen molar-refractivity contribution in [2.75, 3.05) is 5.88 Å². The SMILES string of the molecule is ClCCc1cn2c3ccccc3c3ccccc3c2n1. The second-order valence-electron chi connectivity index (χ2n) is 4.93. The number of rotatable bonds is 2. The van der Waals surface area contributed by atoms with Gasteiger partial charge in [0.25, 0.3) is 0 Å². The number of fused-ring (bicyclic) bond motifs is 6. The zero-order valence-corrected chi connectivity index (χ0v) is 11.6. The first-order valence-electron chi connectivity index (χ1n) is 6.72. The fourth-order valence-electron chi connectivity index (χ4n) is 2.84. The predicted octanol–water partition coefficient (Wildman–Crippen LogP) is 4.42. The summed E-state index contributed by atoms with van der Waals surface area (Å²) in [7, 11) is 0. The third-order valence-corrected chi connectivity index (χ3v) is 3.92. The summed E-state index contributed by atoms with van der Waals surface area (Å²) in [5.74, 6) is 0.597. The van der Waals surface area contributed by atoms with Gasteiger partial charge in [0.05, 0.1) is 11.2 Å². The zero-order chi connectivity index (χ0) is 13.5. The van der Waals surface area contributed by atoms with Gasteiger partial charge in [-0.25, -0.2) is 4.98 Å². The van der Waals surface area contributed by atoms with Crippen LogP contribution in [0.2, 0.25) is 0 Å². The third kappa shape index (κ3) is 1.61. The number of imidazole rings is 1. The molecule has 0 spiro atoms. The Morgan fingerprint density at radius 3 is 2.40 bits per heavy atom. The maximum absolute atomic E-state index is 5.85. The van der Waals surface area contributed by atoms with Gasteiger partial charge in [-0.3, -0.25) is 4.40 Å². The molecule has 0 aliphatic heterocycles. The molecule has 0 N–H and O–H groups in total. The molecule has 2 nitrogen and oxygen atoms in total. The monoisotopic (exact) mass is 280 g/mol. The molecule has 2 aromatic carbocycles. The molecule has 0 saturated heterocycles. The minimum Gasteiger partial charge on any atom is -0.299 e. The standard InChI is InChI=1S/C17H13ClN2/c18-10-9-12-11-20-16-8-4-3-6-14(16)13-5-1-2-7-15(13)17(20)19-12/h1-8,11H,9-10H2. The molecule has 3 heteroatoms. The lowest BCUT2D eigenvalue weighted by Gasteiger charge is -2.07. The number of nitrogens with zero attached hydrogens (tertiary/aromatic N) is 2. The Bertz CT molecular complexity index is 851. The fraction of sp³-hybridized carbons (Fsp3) is 0.118. The normalized spacial score (nSPS) is 11.7. The van der Waals surface area contributed by atoms with Gasteiger partial charge in [-0.05, 0) is 11.5 Å². The molecule has 0 atom stereocenters. The number of hydrogen-bond donors (Lipinski definition) is 0. The number of aryl methyl sites for hydroxylation is 1. The topological polar surface area (TPSA) is 17.3 Å². The Hall–Kier alpha value is -2.06. The average molecular weight is 281 g/mol. The van der Waals surface area contributed by atoms with Crippen LogP contribution >= 0.6 is 11.6 Å². The van der Waals surface area contributed by atoms with Crippen LogP contribution in [-0.4, -0.2) is 15.3 Å². The maximum Gasteiger partial charge on any atom is 0.145 e. The van der Waals surface area contributed by atoms with E-state index in [0.717, 1.165) is 17.8 Å². The fourth-order valence-corrected chi connectivity index (χ4v) is 3.04. The average Bonchev–Trinajstić information content (AvgIpc) is 2.92. The highest BCUT2D eigenvalue weighted by Crippen LogP contribution is 2.29. The second kappa shape index (κ2) is 4.50. The van der Waals surface area contributed by atoms with Crippen molar-refractivity contribution in [3.8, 4) is 0 Å². The van der Waals surface area contributed by atoms with Crippen LogP contribution in [0.4, 0.5) is 0 Å². The predicted molar refractivity (Wildman–Crippen MR) is 84.6 cm³/mol. The van der Waals surface area contributed by atoms with Crippen LogP contribution in [0.5, 0.6) is 0 Å². The molecule has 2 aromatic heterocycles. The second-order valence-corrected chi connectivity index (χ2v) is 5.31. The van der Waals surface area contributed by atoms with Crippen LogP contribution in [0.25, 0.3) is 27.3 Å². The van der Waals surface area contributed by atoms with Crippen molar-refractivity contribution in [1.29, 1.82) is 0 Å². The van der Waals surface area contributed by atoms with E-state index in [4.69, 9.17) is 16.6 Å². The molecule has 4 rings (SSSR count). The largest absolute Gasteiger partial charge is 0.299 e. The number of aromatic nitrogens is 2. The van der Waals surface area contributed by atoms with Crippen LogP contribution in [0.1, 0.15) is 5.69 Å². The van der Waals surface area contributed by atoms with E-state index in [9.17, 15) is 0 Å². The first-order valence-corrected chi connectivity index (χ1v) is 7.25. The number of alkyl halides is 1. The lowest BCUT2D eigenvalue weighted by Crippen LogP contribution is -1.89. The number of pyridine rings is 1. The Kier molecular flexibility index (Phi) is 2.64. The number of halogens is 1. The van der Waals surface area contributed by atoms with Crippen molar-refractivity contribution < 1.29 is 0 Å². The Balaban J connectivity index is 2.25. The Morgan fingerprint density at radius 2 is 1.60 bits per heavy atom. The summed E-state index contributed by atoms with van der Waals surface area (Å²) >= 11 is 5.85. The summed E-state index contributed by atoms with van der Waals surface area (Å²) in [4.78, 5) is 4.76. The van der Waals surface area contributed by atoms with E-state index in [1.165, 1.54) is 21.7 Å². The molecule has 0 radical (unpaired) electrons. The minimum absolute atomic E-state index is 0.597. The van der Waals surface area contributed by atoms with E-state index in [1.54, 1.807) is 0 Å². The summed E-state index contributed by atoms with van der Waals surface area (Å²) in [6.45, 7) is 0. The molecule has 98 valence electrons. The van der Waals surface area contributed by atoms with E-state index >= 15 is 0 Å². The van der Waals surface area contributed by atoms with Crippen LogP contribution in [0, 0.1) is 0 Å². The van der Waals surface area contributed by atoms with Crippen molar-refractivity contribution in [2.45, 2.75) is 6.42 Å². The number of hydrogen-bond acceptors (Lipinski definition) is 1. The van der Waals surface area contributed by atoms with Crippen molar-refractivity contribution in [3.05, 3.63) is 60.4 Å². The minimum atomic E-state index is 0.597. The highest BCUT2D eigenvalue weighted by molar-refractivity contribution is 6.18. The quantitative estimate of drug-likeness (QED) is 0.392. The lowest BCUT2D eigenvalue weighted by molar-refractivity contribution is 1.08. The molecular weight excluding hydrogens is 268 g/mol. The molecule has 0 fully saturated rings. The van der Waals surface area contributed by atoms with Crippen LogP contribution in [0.15, 0.2) is 54.7 Å². The number of benzene rings is 2. The van der Waals surface area contributed by atoms with Crippen LogP contribution in [0.3, 0.4) is 0 Å². The third-order valence-electron chi connectivity index (χ3n) is 3.73. The van der Waals surface area contributed by atoms with E-state index in [2.05, 4.69) is 59.1 Å². The van der Waals surface area contributed by atoms with E-state index < -0.39 is 0 Å². The molecular formula is C17H13ClN2. The Labute approximate surface area is 121 Å². The van der Waals surface area contributed by atoms with Gasteiger partial charge >= 0.3 is 0 Å². The summed E-state index contributed by atoms with van der Waals surface area (Å²) in [5, 5.41) is 3.69. The molecule has 0 bridgehead atoms. The van der Waals surface area contributed by atoms with Gasteiger partial charge in [0.15, 0.2) is 0 Å². The zero-order valence-electron chi connectivity index (χ0n) is 10.9. The highest BCUT2D eigenvalue weighted by atomic mass is 35.5. The first kappa shape index (κ1) is 11.7. The van der Waals surface area contributed by atoms with Gasteiger partial charge in [0, 0.05) is 29.3 Å². The molecule has 0 amide bonds. The summed E-state index contributed by atoms with van der Waals surface area (Å²) < 4.78 is 2.18. The molecule has 0 aliphatic carbocycles. The molecule has 2 heterocycles. The molecule has 0 aliphatic rings. The van der Waals surface area contributed by atoms with Gasteiger partial charge in [-0.2, -0.15) is 0 Å². The van der Waals surface area contributed by atoms with Crippen molar-refractivity contribution >= 4 is 38.9 Å². The summed E-state index contributed by atoms with van der Waals surface area (Å²) in [5.41, 5.74) is 3.25.